The number of hydrogen-bond acceptors (Lipinski definition) is 5. The van der Waals surface area contributed by atoms with E-state index < -0.39 is 5.03 Å². The van der Waals surface area contributed by atoms with Gasteiger partial charge in [0.15, 0.2) is 5.03 Å². The largest absolute Gasteiger partial charge is 0.378 e. The smallest absolute Gasteiger partial charge is 0.234 e. The van der Waals surface area contributed by atoms with Gasteiger partial charge in [0, 0.05) is 19.6 Å². The minimum Gasteiger partial charge on any atom is -0.378 e. The average Bonchev–Trinajstić information content (AvgIpc) is 2.87. The molecule has 0 aromatic heterocycles. The summed E-state index contributed by atoms with van der Waals surface area (Å²) in [6.45, 7) is 11.0. The molecule has 1 aliphatic rings. The highest BCUT2D eigenvalue weighted by Gasteiger charge is 2.24. The Labute approximate surface area is 137 Å². The lowest BCUT2D eigenvalue weighted by Crippen LogP contribution is -2.37. The number of rotatable bonds is 8. The summed E-state index contributed by atoms with van der Waals surface area (Å²) in [5, 5.41) is 16.5. The third-order valence-electron chi connectivity index (χ3n) is 3.78. The molecule has 128 valence electrons. The highest BCUT2D eigenvalue weighted by molar-refractivity contribution is 8.13. The summed E-state index contributed by atoms with van der Waals surface area (Å²) >= 11 is 1.26. The second-order valence-electron chi connectivity index (χ2n) is 5.93. The van der Waals surface area contributed by atoms with Gasteiger partial charge in [-0.05, 0) is 38.0 Å². The summed E-state index contributed by atoms with van der Waals surface area (Å²) in [6.07, 6.45) is 3.29. The zero-order chi connectivity index (χ0) is 16.5. The summed E-state index contributed by atoms with van der Waals surface area (Å²) in [6, 6.07) is 0. The van der Waals surface area contributed by atoms with Crippen molar-refractivity contribution in [2.75, 3.05) is 39.0 Å². The van der Waals surface area contributed by atoms with Crippen LogP contribution in [0.3, 0.4) is 0 Å². The molecule has 1 saturated heterocycles. The van der Waals surface area contributed by atoms with Crippen LogP contribution in [0.2, 0.25) is 0 Å². The van der Waals surface area contributed by atoms with Crippen molar-refractivity contribution in [3.63, 3.8) is 0 Å². The maximum Gasteiger partial charge on any atom is 0.234 e. The maximum absolute atomic E-state index is 10.4. The summed E-state index contributed by atoms with van der Waals surface area (Å²) in [5.74, 6) is 1.01. The molecule has 0 saturated carbocycles. The fourth-order valence-corrected chi connectivity index (χ4v) is 3.10. The van der Waals surface area contributed by atoms with E-state index in [1.807, 2.05) is 0 Å². The van der Waals surface area contributed by atoms with Gasteiger partial charge in [-0.2, -0.15) is 0 Å². The average molecular weight is 332 g/mol. The molecule has 0 radical (unpaired) electrons. The number of ether oxygens (including phenoxy) is 1. The lowest BCUT2D eigenvalue weighted by Gasteiger charge is -2.26. The Morgan fingerprint density at radius 2 is 2.36 bits per heavy atom. The first-order valence-electron chi connectivity index (χ1n) is 7.79. The van der Waals surface area contributed by atoms with Gasteiger partial charge < -0.3 is 15.0 Å². The minimum absolute atomic E-state index is 0.359. The normalized spacial score (nSPS) is 23.8. The van der Waals surface area contributed by atoms with E-state index in [2.05, 4.69) is 36.1 Å². The summed E-state index contributed by atoms with van der Waals surface area (Å²) < 4.78 is 5.62. The van der Waals surface area contributed by atoms with Gasteiger partial charge in [0.2, 0.25) is 5.17 Å². The first-order valence-corrected chi connectivity index (χ1v) is 9.01. The van der Waals surface area contributed by atoms with Crippen LogP contribution < -0.4 is 5.32 Å². The van der Waals surface area contributed by atoms with Crippen molar-refractivity contribution in [3.8, 4) is 0 Å². The van der Waals surface area contributed by atoms with Gasteiger partial charge >= 0.3 is 0 Å². The standard InChI is InChI=1S/C14H28N4O3S/c1-5-17(9-13-6-12(3)21-10-13)8-11(2)7-15-14(22-4)16-18(19)20/h11-13H,5-10H2,1-4H3,(H,15,16). The third-order valence-corrected chi connectivity index (χ3v) is 4.40. The molecule has 1 rings (SSSR count). The Kier molecular flexibility index (Phi) is 8.74. The van der Waals surface area contributed by atoms with Crippen molar-refractivity contribution in [3.05, 3.63) is 10.1 Å². The summed E-state index contributed by atoms with van der Waals surface area (Å²) in [5.41, 5.74) is 0. The topological polar surface area (TPSA) is 80.0 Å². The van der Waals surface area contributed by atoms with Crippen LogP contribution >= 0.6 is 11.8 Å². The summed E-state index contributed by atoms with van der Waals surface area (Å²) in [4.78, 5) is 12.8. The fraction of sp³-hybridized carbons (Fsp3) is 0.929. The van der Waals surface area contributed by atoms with E-state index in [1.165, 1.54) is 11.8 Å². The van der Waals surface area contributed by atoms with Crippen LogP contribution in [0.15, 0.2) is 5.10 Å². The van der Waals surface area contributed by atoms with E-state index in [0.717, 1.165) is 32.7 Å². The third kappa shape index (κ3) is 7.42. The Morgan fingerprint density at radius 1 is 1.64 bits per heavy atom. The predicted octanol–water partition coefficient (Wildman–Crippen LogP) is 1.87. The number of amidine groups is 1. The van der Waals surface area contributed by atoms with Crippen molar-refractivity contribution < 1.29 is 9.77 Å². The second-order valence-corrected chi connectivity index (χ2v) is 6.73. The monoisotopic (exact) mass is 332 g/mol. The molecular weight excluding hydrogens is 304 g/mol. The lowest BCUT2D eigenvalue weighted by atomic mass is 10.0. The first-order chi connectivity index (χ1) is 10.4. The van der Waals surface area contributed by atoms with E-state index in [4.69, 9.17) is 4.74 Å². The second kappa shape index (κ2) is 10.0. The van der Waals surface area contributed by atoms with Crippen molar-refractivity contribution in [1.82, 2.24) is 10.2 Å². The molecule has 3 atom stereocenters. The van der Waals surface area contributed by atoms with Crippen molar-refractivity contribution >= 4 is 16.9 Å². The molecule has 7 nitrogen and oxygen atoms in total. The zero-order valence-corrected chi connectivity index (χ0v) is 14.8. The van der Waals surface area contributed by atoms with Gasteiger partial charge in [-0.3, -0.25) is 0 Å². The van der Waals surface area contributed by atoms with E-state index >= 15 is 0 Å². The van der Waals surface area contributed by atoms with E-state index in [1.54, 1.807) is 6.26 Å². The molecule has 8 heteroatoms. The van der Waals surface area contributed by atoms with Crippen LogP contribution in [-0.2, 0) is 4.74 Å². The molecular formula is C14H28N4O3S. The molecule has 1 aliphatic heterocycles. The molecule has 1 heterocycles. The van der Waals surface area contributed by atoms with Crippen LogP contribution in [0.25, 0.3) is 0 Å². The van der Waals surface area contributed by atoms with Gasteiger partial charge in [0.05, 0.1) is 17.8 Å². The van der Waals surface area contributed by atoms with Gasteiger partial charge in [-0.15, -0.1) is 0 Å². The predicted molar refractivity (Wildman–Crippen MR) is 90.7 cm³/mol. The molecule has 0 spiro atoms. The number of nitrogens with one attached hydrogen (secondary N) is 1. The van der Waals surface area contributed by atoms with E-state index in [9.17, 15) is 10.1 Å². The van der Waals surface area contributed by atoms with Crippen LogP contribution in [-0.4, -0.2) is 60.2 Å². The number of nitro groups is 1. The van der Waals surface area contributed by atoms with E-state index in [0.29, 0.717) is 29.7 Å². The molecule has 3 unspecified atom stereocenters. The molecule has 1 N–H and O–H groups in total. The summed E-state index contributed by atoms with van der Waals surface area (Å²) in [7, 11) is 0. The highest BCUT2D eigenvalue weighted by Crippen LogP contribution is 2.20. The fourth-order valence-electron chi connectivity index (χ4n) is 2.72. The van der Waals surface area contributed by atoms with Crippen LogP contribution in [0.5, 0.6) is 0 Å². The molecule has 0 aromatic rings. The zero-order valence-electron chi connectivity index (χ0n) is 13.9. The molecule has 0 aromatic carbocycles. The maximum atomic E-state index is 10.4. The van der Waals surface area contributed by atoms with Crippen molar-refractivity contribution in [1.29, 1.82) is 0 Å². The molecule has 1 fully saturated rings. The van der Waals surface area contributed by atoms with Crippen LogP contribution in [0.4, 0.5) is 0 Å². The molecule has 22 heavy (non-hydrogen) atoms. The highest BCUT2D eigenvalue weighted by atomic mass is 32.2. The quantitative estimate of drug-likeness (QED) is 0.316. The molecule has 0 aliphatic carbocycles. The van der Waals surface area contributed by atoms with Crippen molar-refractivity contribution in [2.45, 2.75) is 33.3 Å². The van der Waals surface area contributed by atoms with Gasteiger partial charge in [-0.1, -0.05) is 25.6 Å². The first kappa shape index (κ1) is 19.2. The van der Waals surface area contributed by atoms with Gasteiger partial charge in [0.25, 0.3) is 0 Å². The van der Waals surface area contributed by atoms with Gasteiger partial charge in [0.1, 0.15) is 0 Å². The number of thioether (sulfide) groups is 1. The number of nitrogens with zero attached hydrogens (tertiary/aromatic N) is 3. The lowest BCUT2D eigenvalue weighted by molar-refractivity contribution is -0.484. The molecule has 0 bridgehead atoms. The van der Waals surface area contributed by atoms with Crippen molar-refractivity contribution in [2.24, 2.45) is 16.9 Å². The SMILES string of the molecule is CCN(CC(C)CNC(=N[N+](=O)[O-])SC)CC1COC(C)C1. The Bertz CT molecular complexity index is 381. The Hall–Kier alpha value is -0.860. The minimum atomic E-state index is -0.664. The van der Waals surface area contributed by atoms with Crippen LogP contribution in [0.1, 0.15) is 27.2 Å². The van der Waals surface area contributed by atoms with Gasteiger partial charge in [-0.25, -0.2) is 10.1 Å². The Balaban J connectivity index is 2.34. The Morgan fingerprint density at radius 3 is 2.86 bits per heavy atom. The number of hydrazone groups is 1. The number of hydrogen-bond donors (Lipinski definition) is 1. The van der Waals surface area contributed by atoms with E-state index in [-0.39, 0.29) is 0 Å². The molecule has 0 amide bonds. The van der Waals surface area contributed by atoms with Crippen LogP contribution in [0, 0.1) is 22.0 Å².